The molecule has 5 N–H and O–H groups in total. The number of primary amides is 1. The molecule has 5 rings (SSSR count). The summed E-state index contributed by atoms with van der Waals surface area (Å²) < 4.78 is 33.0. The van der Waals surface area contributed by atoms with Crippen LogP contribution in [0.3, 0.4) is 0 Å². The van der Waals surface area contributed by atoms with Gasteiger partial charge in [-0.15, -0.1) is 0 Å². The number of unbranched alkanes of at least 4 members (excludes halogenated alkanes) is 3. The molecule has 4 aliphatic rings. The number of allylic oxidation sites excluding steroid dienone is 2. The summed E-state index contributed by atoms with van der Waals surface area (Å²) in [6.07, 6.45) is 8.53. The van der Waals surface area contributed by atoms with Crippen LogP contribution < -0.4 is 16.2 Å². The maximum Gasteiger partial charge on any atom is 0.410 e. The highest BCUT2D eigenvalue weighted by Gasteiger charge is 2.56. The fourth-order valence-corrected chi connectivity index (χ4v) is 8.54. The van der Waals surface area contributed by atoms with E-state index in [1.807, 2.05) is 24.3 Å². The Morgan fingerprint density at radius 2 is 1.93 bits per heavy atom. The first kappa shape index (κ1) is 34.6. The van der Waals surface area contributed by atoms with Gasteiger partial charge in [0.15, 0.2) is 0 Å². The summed E-state index contributed by atoms with van der Waals surface area (Å²) in [4.78, 5) is 53.9. The number of carbonyl (C=O) groups is 4. The fraction of sp³-hybridized carbons (Fsp3) is 0.625. The number of hydrogen-bond acceptors (Lipinski definition) is 8. The minimum atomic E-state index is -3.54. The third-order valence-corrected chi connectivity index (χ3v) is 12.4. The van der Waals surface area contributed by atoms with E-state index >= 15 is 0 Å². The number of fused-ring (bicyclic) bond motifs is 1. The molecular weight excluding hydrogens is 725 g/mol. The van der Waals surface area contributed by atoms with Gasteiger partial charge in [-0.3, -0.25) is 24.0 Å². The number of likely N-dealkylation sites (tertiary alicyclic amines) is 1. The van der Waals surface area contributed by atoms with Crippen molar-refractivity contribution in [3.63, 3.8) is 0 Å². The predicted molar refractivity (Wildman–Crippen MR) is 179 cm³/mol. The van der Waals surface area contributed by atoms with Gasteiger partial charge in [0.2, 0.25) is 27.7 Å². The number of nitrogens with zero attached hydrogens (tertiary/aromatic N) is 2. The lowest BCUT2D eigenvalue weighted by atomic mass is 10.0. The molecule has 0 spiro atoms. The van der Waals surface area contributed by atoms with Crippen LogP contribution in [0, 0.1) is 11.3 Å². The number of benzene rings is 1. The normalized spacial score (nSPS) is 26.2. The standard InChI is InChI=1S/C32H44IN5O7S/c1-32(30(41)36-46(43,44)24-12-13-24)15-22(32)10-5-3-2-4-6-11-26(34)29(40)38-18-23(14-27(38)28(35)39)45-31(42)37-17-21-9-7-8-20(16-33)25(21)19-37/h5,7-10,22-24,26-27H,2-4,6,11-19,34H2,1H3,(H2,35,39)(H,36,41)/b10-5-/t22-,23-,26+,27+,32+/m1/s1. The number of alkyl halides is 1. The van der Waals surface area contributed by atoms with Gasteiger partial charge in [0, 0.05) is 23.9 Å². The number of carbonyl (C=O) groups excluding carboxylic acids is 4. The number of nitrogens with two attached hydrogens (primary N) is 2. The van der Waals surface area contributed by atoms with Crippen LogP contribution in [0.5, 0.6) is 0 Å². The molecule has 46 heavy (non-hydrogen) atoms. The molecule has 1 aromatic carbocycles. The monoisotopic (exact) mass is 769 g/mol. The Balaban J connectivity index is 1.01. The van der Waals surface area contributed by atoms with E-state index in [1.165, 1.54) is 10.5 Å². The second kappa shape index (κ2) is 14.2. The average Bonchev–Trinajstić information content (AvgIpc) is 3.89. The molecule has 0 bridgehead atoms. The fourth-order valence-electron chi connectivity index (χ4n) is 6.41. The second-order valence-electron chi connectivity index (χ2n) is 13.3. The summed E-state index contributed by atoms with van der Waals surface area (Å²) in [6, 6.07) is 4.37. The third-order valence-electron chi connectivity index (χ3n) is 9.71. The first-order valence-corrected chi connectivity index (χ1v) is 19.1. The van der Waals surface area contributed by atoms with Gasteiger partial charge in [-0.2, -0.15) is 0 Å². The van der Waals surface area contributed by atoms with Crippen LogP contribution in [0.4, 0.5) is 4.79 Å². The van der Waals surface area contributed by atoms with E-state index in [0.717, 1.165) is 34.8 Å². The highest BCUT2D eigenvalue weighted by atomic mass is 127. The van der Waals surface area contributed by atoms with E-state index in [-0.39, 0.29) is 24.8 Å². The summed E-state index contributed by atoms with van der Waals surface area (Å²) >= 11 is 2.31. The first-order chi connectivity index (χ1) is 21.8. The molecule has 5 atom stereocenters. The van der Waals surface area contributed by atoms with Crippen LogP contribution in [-0.2, 0) is 46.7 Å². The molecule has 2 aliphatic carbocycles. The second-order valence-corrected chi connectivity index (χ2v) is 16.0. The molecule has 2 saturated carbocycles. The van der Waals surface area contributed by atoms with Crippen LogP contribution in [0.2, 0.25) is 0 Å². The van der Waals surface area contributed by atoms with Crippen LogP contribution in [-0.4, -0.2) is 72.0 Å². The summed E-state index contributed by atoms with van der Waals surface area (Å²) in [7, 11) is -3.54. The zero-order chi connectivity index (χ0) is 33.2. The third kappa shape index (κ3) is 7.87. The van der Waals surface area contributed by atoms with Gasteiger partial charge < -0.3 is 21.1 Å². The first-order valence-electron chi connectivity index (χ1n) is 16.0. The molecule has 0 aromatic heterocycles. The largest absolute Gasteiger partial charge is 0.444 e. The molecule has 0 unspecified atom stereocenters. The molecule has 0 radical (unpaired) electrons. The molecule has 2 heterocycles. The Morgan fingerprint density at radius 1 is 1.17 bits per heavy atom. The number of amides is 4. The van der Waals surface area contributed by atoms with Gasteiger partial charge in [-0.25, -0.2) is 13.2 Å². The Bertz CT molecular complexity index is 1500. The Morgan fingerprint density at radius 3 is 2.63 bits per heavy atom. The van der Waals surface area contributed by atoms with Crippen LogP contribution in [0.15, 0.2) is 30.4 Å². The van der Waals surface area contributed by atoms with Crippen LogP contribution >= 0.6 is 22.6 Å². The predicted octanol–water partition coefficient (Wildman–Crippen LogP) is 3.00. The SMILES string of the molecule is C[C@]1(C(=O)NS(=O)(=O)C2CC2)C[C@H]1/C=C\CCCCC[C@H](N)C(=O)N1C[C@H](OC(=O)N2Cc3cccc(CI)c3C2)C[C@H]1C(N)=O. The lowest BCUT2D eigenvalue weighted by Gasteiger charge is -2.25. The van der Waals surface area contributed by atoms with Crippen molar-refractivity contribution in [1.82, 2.24) is 14.5 Å². The Hall–Kier alpha value is -2.72. The molecule has 1 saturated heterocycles. The number of ether oxygens (including phenoxy) is 1. The van der Waals surface area contributed by atoms with E-state index in [4.69, 9.17) is 16.2 Å². The van der Waals surface area contributed by atoms with Gasteiger partial charge in [-0.05, 0) is 61.1 Å². The summed E-state index contributed by atoms with van der Waals surface area (Å²) in [5.74, 6) is -1.43. The van der Waals surface area contributed by atoms with E-state index in [0.29, 0.717) is 45.2 Å². The smallest absolute Gasteiger partial charge is 0.410 e. The molecule has 252 valence electrons. The number of halogens is 1. The van der Waals surface area contributed by atoms with E-state index < -0.39 is 56.8 Å². The quantitative estimate of drug-likeness (QED) is 0.112. The molecule has 14 heteroatoms. The van der Waals surface area contributed by atoms with Crippen molar-refractivity contribution in [2.24, 2.45) is 22.8 Å². The molecule has 3 fully saturated rings. The van der Waals surface area contributed by atoms with Crippen molar-refractivity contribution < 1.29 is 32.3 Å². The minimum absolute atomic E-state index is 0.0231. The van der Waals surface area contributed by atoms with Gasteiger partial charge in [0.1, 0.15) is 12.1 Å². The zero-order valence-corrected chi connectivity index (χ0v) is 29.1. The number of rotatable bonds is 14. The number of nitrogens with one attached hydrogen (secondary N) is 1. The zero-order valence-electron chi connectivity index (χ0n) is 26.2. The van der Waals surface area contributed by atoms with Crippen molar-refractivity contribution in [3.8, 4) is 0 Å². The van der Waals surface area contributed by atoms with Crippen molar-refractivity contribution in [2.45, 2.75) is 106 Å². The lowest BCUT2D eigenvalue weighted by molar-refractivity contribution is -0.138. The van der Waals surface area contributed by atoms with E-state index in [1.54, 1.807) is 11.8 Å². The summed E-state index contributed by atoms with van der Waals surface area (Å²) in [6.45, 7) is 2.78. The topological polar surface area (TPSA) is 182 Å². The highest BCUT2D eigenvalue weighted by Crippen LogP contribution is 2.53. The van der Waals surface area contributed by atoms with Crippen LogP contribution in [0.1, 0.15) is 81.4 Å². The molecule has 2 aliphatic heterocycles. The number of sulfonamides is 1. The van der Waals surface area contributed by atoms with Gasteiger partial charge >= 0.3 is 6.09 Å². The van der Waals surface area contributed by atoms with Crippen molar-refractivity contribution in [2.75, 3.05) is 6.54 Å². The molecule has 4 amide bonds. The highest BCUT2D eigenvalue weighted by molar-refractivity contribution is 14.1. The van der Waals surface area contributed by atoms with Crippen molar-refractivity contribution >= 4 is 56.4 Å². The minimum Gasteiger partial charge on any atom is -0.444 e. The van der Waals surface area contributed by atoms with E-state index in [2.05, 4.69) is 33.4 Å². The van der Waals surface area contributed by atoms with Gasteiger partial charge in [-0.1, -0.05) is 72.7 Å². The summed E-state index contributed by atoms with van der Waals surface area (Å²) in [5.41, 5.74) is 14.6. The summed E-state index contributed by atoms with van der Waals surface area (Å²) in [5, 5.41) is -0.425. The number of hydrogen-bond donors (Lipinski definition) is 3. The molecular formula is C32H44IN5O7S. The maximum atomic E-state index is 13.2. The average molecular weight is 770 g/mol. The molecule has 1 aromatic rings. The lowest BCUT2D eigenvalue weighted by Crippen LogP contribution is -2.50. The van der Waals surface area contributed by atoms with Gasteiger partial charge in [0.05, 0.1) is 23.3 Å². The van der Waals surface area contributed by atoms with Crippen molar-refractivity contribution in [3.05, 3.63) is 47.0 Å². The Kier molecular flexibility index (Phi) is 10.7. The van der Waals surface area contributed by atoms with Gasteiger partial charge in [0.25, 0.3) is 0 Å². The van der Waals surface area contributed by atoms with Crippen LogP contribution in [0.25, 0.3) is 0 Å². The maximum absolute atomic E-state index is 13.2. The van der Waals surface area contributed by atoms with E-state index in [9.17, 15) is 27.6 Å². The molecule has 12 nitrogen and oxygen atoms in total. The van der Waals surface area contributed by atoms with Crippen molar-refractivity contribution in [1.29, 1.82) is 0 Å². The Labute approximate surface area is 284 Å².